The molecule has 626 valence electrons. The summed E-state index contributed by atoms with van der Waals surface area (Å²) in [5.74, 6) is -7.46. The van der Waals surface area contributed by atoms with Crippen molar-refractivity contribution in [2.24, 2.45) is 7.05 Å². The fourth-order valence-electron chi connectivity index (χ4n) is 12.9. The molecule has 0 amide bonds. The number of aromatic hydroxyl groups is 3. The lowest BCUT2D eigenvalue weighted by Crippen LogP contribution is -2.28. The van der Waals surface area contributed by atoms with Crippen LogP contribution >= 0.6 is 54.5 Å². The topological polar surface area (TPSA) is 267 Å². The quantitative estimate of drug-likeness (QED) is 0.0369. The average molecular weight is 1950 g/mol. The van der Waals surface area contributed by atoms with Gasteiger partial charge < -0.3 is 24.2 Å². The number of halogens is 14. The fraction of sp³-hybridized carbons (Fsp3) is 0.0632. The van der Waals surface area contributed by atoms with E-state index in [2.05, 4.69) is 53.3 Å². The third-order valence-electron chi connectivity index (χ3n) is 19.0. The molecular formula is C95H59Br2F11IN7O8S. The number of nitrogens with zero attached hydrogens (tertiary/aromatic N) is 7. The van der Waals surface area contributed by atoms with Crippen molar-refractivity contribution >= 4 is 157 Å². The van der Waals surface area contributed by atoms with Crippen LogP contribution in [0.5, 0.6) is 28.7 Å². The zero-order chi connectivity index (χ0) is 91.1. The number of hydrogen-bond acceptors (Lipinski definition) is 14. The number of esters is 1. The minimum Gasteiger partial charge on any atom is -0.504 e. The Morgan fingerprint density at radius 2 is 0.768 bits per heavy atom. The predicted molar refractivity (Wildman–Crippen MR) is 471 cm³/mol. The maximum atomic E-state index is 14.7. The first kappa shape index (κ1) is 93.1. The summed E-state index contributed by atoms with van der Waals surface area (Å²) in [6, 6.07) is 75.3. The Labute approximate surface area is 736 Å². The Morgan fingerprint density at radius 1 is 0.416 bits per heavy atom. The van der Waals surface area contributed by atoms with Crippen LogP contribution in [0.4, 0.5) is 48.3 Å². The summed E-state index contributed by atoms with van der Waals surface area (Å²) in [4.78, 5) is 10.9. The minimum absolute atomic E-state index is 0.0219. The first-order valence-corrected chi connectivity index (χ1v) is 40.4. The molecule has 0 atom stereocenters. The number of carbonyl (C=O) groups is 1. The summed E-state index contributed by atoms with van der Waals surface area (Å²) in [6.07, 6.45) is 1.60. The standard InChI is InChI=1S/C16H12FN3.C12H8BrFO2.C12H5F4NO3S.C12H7FIN.C12H8FN.C11H6FNO.C10H6BrFO.C10H7FO/c1-10-11-5-3-4-6-12(11)13(9-18)15(16(10)17)14-7-8-19-20(14)2;1-7(15)16-12-9-5-3-2-4-8(9)10(13)6-11(12)14;13-10-5-7(6-17)8-3-1-2-4-9(8)11(10)20-21(18,19)12(14,15)16;1-7-8-4-2-3-5-9(8)10(6-15)12(14)11(7)13;1-8-10-4-2-3-5-11(10)9(7-14)6-12(8)13;12-10-5-7(6-13)8-3-1-2-4-9(8)11(10)14;11-8-5-9(12)10(13)7-4-2-1-3-6(7)8;11-9-6-5-7-3-1-2-4-8(7)10(9)12/h3-8H,1-2H3;2-6H,1H3;1-5H;2-5H,1H3;2-6H,1H3;1-5,14H;1-5,13H;1-6,12H. The van der Waals surface area contributed by atoms with Crippen LogP contribution in [0.1, 0.15) is 51.4 Å². The monoisotopic (exact) mass is 1950 g/mol. The molecule has 0 saturated heterocycles. The molecule has 0 radical (unpaired) electrons. The molecule has 0 spiro atoms. The molecular weight excluding hydrogens is 1890 g/mol. The van der Waals surface area contributed by atoms with E-state index in [0.717, 1.165) is 60.6 Å². The summed E-state index contributed by atoms with van der Waals surface area (Å²) < 4.78 is 179. The zero-order valence-electron chi connectivity index (χ0n) is 65.4. The lowest BCUT2D eigenvalue weighted by atomic mass is 9.93. The number of phenolic OH excluding ortho intramolecular Hbond substituents is 3. The van der Waals surface area contributed by atoms with Crippen molar-refractivity contribution in [3.63, 3.8) is 0 Å². The van der Waals surface area contributed by atoms with Gasteiger partial charge in [0.2, 0.25) is 0 Å². The summed E-state index contributed by atoms with van der Waals surface area (Å²) >= 11 is 8.38. The normalized spacial score (nSPS) is 10.7. The van der Waals surface area contributed by atoms with E-state index < -0.39 is 62.2 Å². The molecule has 125 heavy (non-hydrogen) atoms. The van der Waals surface area contributed by atoms with E-state index in [1.165, 1.54) is 49.4 Å². The number of nitriles is 5. The van der Waals surface area contributed by atoms with E-state index in [-0.39, 0.29) is 56.6 Å². The van der Waals surface area contributed by atoms with Gasteiger partial charge >= 0.3 is 21.6 Å². The highest BCUT2D eigenvalue weighted by atomic mass is 127. The highest BCUT2D eigenvalue weighted by Gasteiger charge is 2.49. The number of benzene rings is 16. The van der Waals surface area contributed by atoms with Crippen LogP contribution in [0.3, 0.4) is 0 Å². The number of aryl methyl sites for hydroxylation is 4. The second-order valence-electron chi connectivity index (χ2n) is 26.6. The molecule has 16 aromatic carbocycles. The SMILES string of the molecule is CC(=O)Oc1c(F)cc(Br)c2ccccc12.Cc1c(F)c(-c2ccnn2C)c(C#N)c2ccccc12.Cc1c(F)c(I)c(C#N)c2ccccc12.Cc1c(F)cc(C#N)c2ccccc12.N#Cc1cc(F)c(O)c2ccccc12.N#Cc1cc(F)c(OS(=O)(=O)C(F)(F)F)c2ccccc12.Oc1c(F)cc(Br)c2ccccc12.Oc1c(F)ccc2ccccc12. The highest BCUT2D eigenvalue weighted by molar-refractivity contribution is 14.1. The van der Waals surface area contributed by atoms with E-state index in [9.17, 15) is 82.1 Å². The van der Waals surface area contributed by atoms with Gasteiger partial charge in [-0.05, 0) is 140 Å². The van der Waals surface area contributed by atoms with Gasteiger partial charge in [0.15, 0.2) is 57.8 Å². The minimum atomic E-state index is -6.01. The number of hydrogen-bond donors (Lipinski definition) is 3. The number of phenols is 3. The molecule has 15 nitrogen and oxygen atoms in total. The van der Waals surface area contributed by atoms with Crippen molar-refractivity contribution < 1.29 is 85.7 Å². The molecule has 0 aliphatic carbocycles. The molecule has 0 bridgehead atoms. The third kappa shape index (κ3) is 20.6. The molecule has 0 saturated carbocycles. The van der Waals surface area contributed by atoms with Gasteiger partial charge in [-0.1, -0.05) is 232 Å². The van der Waals surface area contributed by atoms with Crippen LogP contribution in [-0.4, -0.2) is 45.0 Å². The molecule has 0 fully saturated rings. The molecule has 1 heterocycles. The molecule has 1 aromatic heterocycles. The van der Waals surface area contributed by atoms with Gasteiger partial charge in [0.1, 0.15) is 29.6 Å². The van der Waals surface area contributed by atoms with Gasteiger partial charge in [-0.2, -0.15) is 53.0 Å². The number of rotatable bonds is 4. The van der Waals surface area contributed by atoms with Crippen LogP contribution in [0, 0.1) is 128 Å². The molecule has 30 heteroatoms. The summed E-state index contributed by atoms with van der Waals surface area (Å²) in [5.41, 5.74) is -1.75. The van der Waals surface area contributed by atoms with Crippen LogP contribution in [0.25, 0.3) is 97.4 Å². The lowest BCUT2D eigenvalue weighted by Gasteiger charge is -2.13. The van der Waals surface area contributed by atoms with Crippen LogP contribution in [0.15, 0.2) is 258 Å². The van der Waals surface area contributed by atoms with Gasteiger partial charge in [0.05, 0.1) is 60.9 Å². The van der Waals surface area contributed by atoms with E-state index >= 15 is 0 Å². The Bertz CT molecular complexity index is 7360. The predicted octanol–water partition coefficient (Wildman–Crippen LogP) is 25.9. The van der Waals surface area contributed by atoms with Crippen molar-refractivity contribution in [2.75, 3.05) is 0 Å². The summed E-state index contributed by atoms with van der Waals surface area (Å²) in [6.45, 7) is 6.44. The summed E-state index contributed by atoms with van der Waals surface area (Å²) in [5, 5.41) is 86.7. The average Bonchev–Trinajstić information content (AvgIpc) is 1.72. The Morgan fingerprint density at radius 3 is 1.24 bits per heavy atom. The van der Waals surface area contributed by atoms with Crippen molar-refractivity contribution in [1.82, 2.24) is 9.78 Å². The third-order valence-corrected chi connectivity index (χ3v) is 22.2. The van der Waals surface area contributed by atoms with Crippen molar-refractivity contribution in [1.29, 1.82) is 26.3 Å². The van der Waals surface area contributed by atoms with E-state index in [4.69, 9.17) is 25.8 Å². The maximum absolute atomic E-state index is 14.7. The lowest BCUT2D eigenvalue weighted by molar-refractivity contribution is -0.132. The van der Waals surface area contributed by atoms with Crippen molar-refractivity contribution in [3.05, 3.63) is 352 Å². The highest BCUT2D eigenvalue weighted by Crippen LogP contribution is 2.41. The zero-order valence-corrected chi connectivity index (χ0v) is 71.5. The van der Waals surface area contributed by atoms with Gasteiger partial charge in [-0.3, -0.25) is 9.48 Å². The molecule has 3 N–H and O–H groups in total. The van der Waals surface area contributed by atoms with Gasteiger partial charge in [0.25, 0.3) is 0 Å². The van der Waals surface area contributed by atoms with E-state index in [1.54, 1.807) is 118 Å². The first-order valence-electron chi connectivity index (χ1n) is 36.4. The molecule has 17 aromatic rings. The van der Waals surface area contributed by atoms with Crippen LogP contribution in [-0.2, 0) is 22.0 Å². The number of carbonyl (C=O) groups excluding carboxylic acids is 1. The molecule has 0 aliphatic rings. The van der Waals surface area contributed by atoms with Gasteiger partial charge in [0, 0.05) is 77.6 Å². The van der Waals surface area contributed by atoms with Crippen LogP contribution < -0.4 is 8.92 Å². The van der Waals surface area contributed by atoms with Crippen molar-refractivity contribution in [2.45, 2.75) is 33.2 Å². The fourth-order valence-corrected chi connectivity index (χ4v) is 15.3. The molecule has 17 rings (SSSR count). The first-order chi connectivity index (χ1) is 59.5. The van der Waals surface area contributed by atoms with Crippen LogP contribution in [0.2, 0.25) is 0 Å². The Hall–Kier alpha value is -14.2. The number of fused-ring (bicyclic) bond motifs is 8. The van der Waals surface area contributed by atoms with E-state index in [1.807, 2.05) is 144 Å². The summed E-state index contributed by atoms with van der Waals surface area (Å²) in [7, 11) is -4.27. The van der Waals surface area contributed by atoms with Crippen molar-refractivity contribution in [3.8, 4) is 70.4 Å². The number of ether oxygens (including phenoxy) is 1. The number of alkyl halides is 3. The van der Waals surface area contributed by atoms with Gasteiger partial charge in [-0.25, -0.2) is 35.1 Å². The van der Waals surface area contributed by atoms with E-state index in [0.29, 0.717) is 90.2 Å². The Balaban J connectivity index is 0.000000150. The maximum Gasteiger partial charge on any atom is 0.534 e. The Kier molecular flexibility index (Phi) is 30.3. The molecule has 0 aliphatic heterocycles. The number of aromatic nitrogens is 2. The van der Waals surface area contributed by atoms with Gasteiger partial charge in [-0.15, -0.1) is 0 Å². The molecule has 0 unspecified atom stereocenters. The smallest absolute Gasteiger partial charge is 0.504 e. The second kappa shape index (κ2) is 40.7. The second-order valence-corrected chi connectivity index (χ2v) is 30.9. The largest absolute Gasteiger partial charge is 0.534 e.